The second-order valence-electron chi connectivity index (χ2n) is 11.0. The normalized spacial score (nSPS) is 14.1. The molecule has 0 atom stereocenters. The zero-order chi connectivity index (χ0) is 29.4. The van der Waals surface area contributed by atoms with Crippen molar-refractivity contribution in [3.05, 3.63) is 87.6 Å². The van der Waals surface area contributed by atoms with Gasteiger partial charge in [-0.1, -0.05) is 67.5 Å². The molecule has 1 aliphatic rings. The van der Waals surface area contributed by atoms with Crippen LogP contribution in [0.25, 0.3) is 33.7 Å². The lowest BCUT2D eigenvalue weighted by atomic mass is 9.94. The Hall–Kier alpha value is -3.81. The molecule has 0 aliphatic heterocycles. The predicted octanol–water partition coefficient (Wildman–Crippen LogP) is 9.57. The lowest BCUT2D eigenvalue weighted by molar-refractivity contribution is 0.0697. The topological polar surface area (TPSA) is 90.4 Å². The van der Waals surface area contributed by atoms with Crippen molar-refractivity contribution in [2.75, 3.05) is 0 Å². The van der Waals surface area contributed by atoms with Crippen LogP contribution >= 0.6 is 23.2 Å². The molecule has 5 aromatic rings. The Balaban J connectivity index is 1.31. The molecule has 1 fully saturated rings. The minimum absolute atomic E-state index is 0.0860. The summed E-state index contributed by atoms with van der Waals surface area (Å²) in [4.78, 5) is 16.7. The second-order valence-corrected chi connectivity index (χ2v) is 11.9. The SMILES string of the molecule is CC(C)c1onc(-c2c(Cl)cccc2Cl)c1COc1ccc(-c2nc3ccc(C(=O)O)cc3n2C2CCCCC2)cc1. The van der Waals surface area contributed by atoms with Crippen LogP contribution in [0.2, 0.25) is 10.0 Å². The van der Waals surface area contributed by atoms with Crippen molar-refractivity contribution in [3.63, 3.8) is 0 Å². The summed E-state index contributed by atoms with van der Waals surface area (Å²) in [7, 11) is 0. The van der Waals surface area contributed by atoms with Crippen LogP contribution in [-0.2, 0) is 6.61 Å². The summed E-state index contributed by atoms with van der Waals surface area (Å²) < 4.78 is 14.2. The minimum atomic E-state index is -0.940. The fraction of sp³-hybridized carbons (Fsp3) is 0.303. The molecule has 0 saturated heterocycles. The van der Waals surface area contributed by atoms with E-state index in [0.717, 1.165) is 59.4 Å². The zero-order valence-corrected chi connectivity index (χ0v) is 25.0. The highest BCUT2D eigenvalue weighted by molar-refractivity contribution is 6.39. The molecule has 0 spiro atoms. The number of benzene rings is 3. The number of aromatic carboxylic acids is 1. The molecule has 3 aromatic carbocycles. The fourth-order valence-electron chi connectivity index (χ4n) is 5.83. The molecule has 2 heterocycles. The monoisotopic (exact) mass is 603 g/mol. The molecule has 0 unspecified atom stereocenters. The van der Waals surface area contributed by atoms with Gasteiger partial charge in [-0.3, -0.25) is 0 Å². The van der Waals surface area contributed by atoms with E-state index in [4.69, 9.17) is 37.4 Å². The molecule has 1 N–H and O–H groups in total. The first-order valence-corrected chi connectivity index (χ1v) is 15.0. The highest BCUT2D eigenvalue weighted by atomic mass is 35.5. The van der Waals surface area contributed by atoms with Gasteiger partial charge in [-0.2, -0.15) is 0 Å². The summed E-state index contributed by atoms with van der Waals surface area (Å²) >= 11 is 13.0. The molecular formula is C33H31Cl2N3O4. The Morgan fingerprint density at radius 1 is 1.05 bits per heavy atom. The number of carbonyl (C=O) groups is 1. The summed E-state index contributed by atoms with van der Waals surface area (Å²) in [6, 6.07) is 18.6. The number of halogens is 2. The standard InChI is InChI=1S/C33H31Cl2N3O4/c1-19(2)31-24(30(37-42-31)29-25(34)9-6-10-26(29)35)18-41-23-14-11-20(12-15-23)32-36-27-16-13-21(33(39)40)17-28(27)38(32)22-7-4-3-5-8-22/h6,9-17,19,22H,3-5,7-8,18H2,1-2H3,(H,39,40). The molecule has 1 aliphatic carbocycles. The van der Waals surface area contributed by atoms with Gasteiger partial charge in [-0.05, 0) is 67.4 Å². The van der Waals surface area contributed by atoms with Gasteiger partial charge >= 0.3 is 5.97 Å². The molecule has 6 rings (SSSR count). The molecule has 0 radical (unpaired) electrons. The van der Waals surface area contributed by atoms with E-state index in [1.54, 1.807) is 36.4 Å². The van der Waals surface area contributed by atoms with Crippen LogP contribution in [0.4, 0.5) is 0 Å². The van der Waals surface area contributed by atoms with Gasteiger partial charge in [0.15, 0.2) is 0 Å². The lowest BCUT2D eigenvalue weighted by Gasteiger charge is -2.25. The number of imidazole rings is 1. The lowest BCUT2D eigenvalue weighted by Crippen LogP contribution is -2.14. The highest BCUT2D eigenvalue weighted by Gasteiger charge is 2.25. The molecule has 2 aromatic heterocycles. The number of aromatic nitrogens is 3. The van der Waals surface area contributed by atoms with Crippen LogP contribution in [-0.4, -0.2) is 25.8 Å². The van der Waals surface area contributed by atoms with Gasteiger partial charge in [0, 0.05) is 23.1 Å². The van der Waals surface area contributed by atoms with E-state index in [1.165, 1.54) is 6.42 Å². The van der Waals surface area contributed by atoms with Gasteiger partial charge in [0.1, 0.15) is 29.6 Å². The summed E-state index contributed by atoms with van der Waals surface area (Å²) in [5.74, 6) is 1.38. The highest BCUT2D eigenvalue weighted by Crippen LogP contribution is 2.40. The number of hydrogen-bond acceptors (Lipinski definition) is 5. The molecule has 216 valence electrons. The number of hydrogen-bond donors (Lipinski definition) is 1. The zero-order valence-electron chi connectivity index (χ0n) is 23.4. The molecular weight excluding hydrogens is 573 g/mol. The average Bonchev–Trinajstić information content (AvgIpc) is 3.58. The maximum Gasteiger partial charge on any atom is 0.335 e. The van der Waals surface area contributed by atoms with E-state index >= 15 is 0 Å². The van der Waals surface area contributed by atoms with Crippen molar-refractivity contribution in [2.45, 2.75) is 64.5 Å². The third-order valence-electron chi connectivity index (χ3n) is 7.91. The molecule has 0 amide bonds. The van der Waals surface area contributed by atoms with Crippen LogP contribution < -0.4 is 4.74 Å². The third-order valence-corrected chi connectivity index (χ3v) is 8.54. The molecule has 42 heavy (non-hydrogen) atoms. The van der Waals surface area contributed by atoms with Crippen molar-refractivity contribution < 1.29 is 19.2 Å². The van der Waals surface area contributed by atoms with Gasteiger partial charge in [-0.15, -0.1) is 0 Å². The largest absolute Gasteiger partial charge is 0.489 e. The number of nitrogens with zero attached hydrogens (tertiary/aromatic N) is 3. The molecule has 0 bridgehead atoms. The van der Waals surface area contributed by atoms with E-state index in [-0.39, 0.29) is 24.1 Å². The van der Waals surface area contributed by atoms with Crippen LogP contribution in [0.5, 0.6) is 5.75 Å². The van der Waals surface area contributed by atoms with Gasteiger partial charge in [0.2, 0.25) is 0 Å². The number of ether oxygens (including phenoxy) is 1. The first-order chi connectivity index (χ1) is 20.3. The van der Waals surface area contributed by atoms with Crippen LogP contribution in [0, 0.1) is 0 Å². The number of carboxylic acid groups (broad SMARTS) is 1. The summed E-state index contributed by atoms with van der Waals surface area (Å²) in [5, 5.41) is 14.9. The first kappa shape index (κ1) is 28.3. The van der Waals surface area contributed by atoms with E-state index in [1.807, 2.05) is 38.1 Å². The quantitative estimate of drug-likeness (QED) is 0.190. The van der Waals surface area contributed by atoms with Crippen LogP contribution in [0.3, 0.4) is 0 Å². The van der Waals surface area contributed by atoms with Crippen LogP contribution in [0.1, 0.15) is 79.6 Å². The van der Waals surface area contributed by atoms with Crippen molar-refractivity contribution in [1.82, 2.24) is 14.7 Å². The van der Waals surface area contributed by atoms with Crippen molar-refractivity contribution >= 4 is 40.2 Å². The molecule has 1 saturated carbocycles. The Labute approximate surface area is 254 Å². The smallest absolute Gasteiger partial charge is 0.335 e. The van der Waals surface area contributed by atoms with E-state index in [2.05, 4.69) is 9.72 Å². The predicted molar refractivity (Wildman–Crippen MR) is 165 cm³/mol. The Bertz CT molecular complexity index is 1730. The van der Waals surface area contributed by atoms with Crippen molar-refractivity contribution in [1.29, 1.82) is 0 Å². The average molecular weight is 605 g/mol. The Kier molecular flexibility index (Phi) is 7.97. The summed E-state index contributed by atoms with van der Waals surface area (Å²) in [5.41, 5.74) is 4.86. The number of carboxylic acids is 1. The van der Waals surface area contributed by atoms with Crippen molar-refractivity contribution in [2.24, 2.45) is 0 Å². The fourth-order valence-corrected chi connectivity index (χ4v) is 6.41. The maximum atomic E-state index is 11.7. The Morgan fingerprint density at radius 3 is 2.43 bits per heavy atom. The van der Waals surface area contributed by atoms with Crippen LogP contribution in [0.15, 0.2) is 65.2 Å². The third kappa shape index (κ3) is 5.39. The minimum Gasteiger partial charge on any atom is -0.489 e. The summed E-state index contributed by atoms with van der Waals surface area (Å²) in [6.07, 6.45) is 5.62. The molecule has 9 heteroatoms. The van der Waals surface area contributed by atoms with E-state index in [0.29, 0.717) is 27.1 Å². The van der Waals surface area contributed by atoms with Gasteiger partial charge in [0.05, 0.1) is 32.2 Å². The Morgan fingerprint density at radius 2 is 1.76 bits per heavy atom. The number of fused-ring (bicyclic) bond motifs is 1. The van der Waals surface area contributed by atoms with E-state index in [9.17, 15) is 9.90 Å². The second kappa shape index (κ2) is 11.8. The first-order valence-electron chi connectivity index (χ1n) is 14.2. The molecule has 7 nitrogen and oxygen atoms in total. The van der Waals surface area contributed by atoms with Gasteiger partial charge < -0.3 is 18.9 Å². The maximum absolute atomic E-state index is 11.7. The van der Waals surface area contributed by atoms with Gasteiger partial charge in [-0.25, -0.2) is 9.78 Å². The number of rotatable bonds is 8. The van der Waals surface area contributed by atoms with Gasteiger partial charge in [0.25, 0.3) is 0 Å². The van der Waals surface area contributed by atoms with Crippen molar-refractivity contribution in [3.8, 4) is 28.4 Å². The summed E-state index contributed by atoms with van der Waals surface area (Å²) in [6.45, 7) is 4.30. The van der Waals surface area contributed by atoms with E-state index < -0.39 is 5.97 Å².